The van der Waals surface area contributed by atoms with Crippen LogP contribution in [0.5, 0.6) is 0 Å². The van der Waals surface area contributed by atoms with E-state index in [0.717, 1.165) is 11.0 Å². The molecule has 0 bridgehead atoms. The fourth-order valence-electron chi connectivity index (χ4n) is 2.32. The van der Waals surface area contributed by atoms with Gasteiger partial charge < -0.3 is 15.2 Å². The summed E-state index contributed by atoms with van der Waals surface area (Å²) in [4.78, 5) is 16.6. The minimum atomic E-state index is -0.458. The Balaban J connectivity index is 1.86. The molecule has 0 aliphatic heterocycles. The fourth-order valence-corrected chi connectivity index (χ4v) is 2.32. The molecule has 112 valence electrons. The van der Waals surface area contributed by atoms with Crippen molar-refractivity contribution in [2.24, 2.45) is 0 Å². The Morgan fingerprint density at radius 2 is 1.91 bits per heavy atom. The molecule has 0 spiro atoms. The van der Waals surface area contributed by atoms with Crippen LogP contribution in [0.25, 0.3) is 11.0 Å². The van der Waals surface area contributed by atoms with Gasteiger partial charge in [-0.1, -0.05) is 24.3 Å². The lowest BCUT2D eigenvalue weighted by Gasteiger charge is -2.10. The molecule has 0 radical (unpaired) electrons. The van der Waals surface area contributed by atoms with Crippen molar-refractivity contribution >= 4 is 28.6 Å². The number of carbonyl (C=O) groups excluding carboxylic acids is 1. The smallest absolute Gasteiger partial charge is 0.244 e. The lowest BCUT2D eigenvalue weighted by atomic mass is 10.3. The quantitative estimate of drug-likeness (QED) is 0.778. The number of benzene rings is 2. The molecule has 0 atom stereocenters. The van der Waals surface area contributed by atoms with E-state index in [1.165, 1.54) is 12.1 Å². The van der Waals surface area contributed by atoms with Gasteiger partial charge in [0, 0.05) is 7.05 Å². The standard InChI is InChI=1S/C16H15FN4O/c1-18-16-20-13-8-4-5-9-14(13)21(16)10-15(22)19-12-7-3-2-6-11(12)17/h2-9H,10H2,1H3,(H,18,20)(H,19,22). The Kier molecular flexibility index (Phi) is 3.74. The van der Waals surface area contributed by atoms with Crippen LogP contribution >= 0.6 is 0 Å². The first kappa shape index (κ1) is 14.1. The van der Waals surface area contributed by atoms with Crippen LogP contribution in [0.15, 0.2) is 48.5 Å². The predicted octanol–water partition coefficient (Wildman–Crippen LogP) is 2.86. The van der Waals surface area contributed by atoms with E-state index in [-0.39, 0.29) is 18.1 Å². The summed E-state index contributed by atoms with van der Waals surface area (Å²) in [6, 6.07) is 13.6. The van der Waals surface area contributed by atoms with Crippen molar-refractivity contribution < 1.29 is 9.18 Å². The van der Waals surface area contributed by atoms with Gasteiger partial charge in [0.25, 0.3) is 0 Å². The summed E-state index contributed by atoms with van der Waals surface area (Å²) in [5.41, 5.74) is 1.81. The Hall–Kier alpha value is -2.89. The summed E-state index contributed by atoms with van der Waals surface area (Å²) in [6.45, 7) is 0.0466. The van der Waals surface area contributed by atoms with Gasteiger partial charge in [-0.25, -0.2) is 9.37 Å². The third-order valence-corrected chi connectivity index (χ3v) is 3.33. The Morgan fingerprint density at radius 1 is 1.18 bits per heavy atom. The zero-order valence-corrected chi connectivity index (χ0v) is 12.0. The molecular formula is C16H15FN4O. The highest BCUT2D eigenvalue weighted by molar-refractivity contribution is 5.92. The van der Waals surface area contributed by atoms with E-state index in [1.807, 2.05) is 24.3 Å². The minimum absolute atomic E-state index is 0.0466. The molecule has 5 nitrogen and oxygen atoms in total. The second-order valence-electron chi connectivity index (χ2n) is 4.79. The second kappa shape index (κ2) is 5.85. The number of hydrogen-bond acceptors (Lipinski definition) is 3. The van der Waals surface area contributed by atoms with Crippen molar-refractivity contribution in [3.05, 3.63) is 54.3 Å². The molecule has 0 saturated heterocycles. The number of aromatic nitrogens is 2. The number of imidazole rings is 1. The van der Waals surface area contributed by atoms with E-state index in [9.17, 15) is 9.18 Å². The summed E-state index contributed by atoms with van der Waals surface area (Å²) in [6.07, 6.45) is 0. The van der Waals surface area contributed by atoms with Gasteiger partial charge >= 0.3 is 0 Å². The molecule has 1 aromatic heterocycles. The highest BCUT2D eigenvalue weighted by atomic mass is 19.1. The van der Waals surface area contributed by atoms with Crippen molar-refractivity contribution in [2.45, 2.75) is 6.54 Å². The van der Waals surface area contributed by atoms with E-state index in [2.05, 4.69) is 15.6 Å². The van der Waals surface area contributed by atoms with Crippen molar-refractivity contribution in [3.63, 3.8) is 0 Å². The zero-order chi connectivity index (χ0) is 15.5. The Bertz CT molecular complexity index is 828. The van der Waals surface area contributed by atoms with Crippen LogP contribution in [0.4, 0.5) is 16.0 Å². The number of nitrogens with zero attached hydrogens (tertiary/aromatic N) is 2. The van der Waals surface area contributed by atoms with E-state index < -0.39 is 5.82 Å². The molecule has 2 aromatic carbocycles. The molecule has 0 aliphatic carbocycles. The number of hydrogen-bond donors (Lipinski definition) is 2. The molecule has 0 aliphatic rings. The highest BCUT2D eigenvalue weighted by Crippen LogP contribution is 2.19. The van der Waals surface area contributed by atoms with Crippen LogP contribution in [-0.4, -0.2) is 22.5 Å². The zero-order valence-electron chi connectivity index (χ0n) is 12.0. The van der Waals surface area contributed by atoms with Crippen LogP contribution in [0.2, 0.25) is 0 Å². The fraction of sp³-hybridized carbons (Fsp3) is 0.125. The monoisotopic (exact) mass is 298 g/mol. The number of fused-ring (bicyclic) bond motifs is 1. The maximum atomic E-state index is 13.6. The molecule has 6 heteroatoms. The molecule has 1 amide bonds. The van der Waals surface area contributed by atoms with Crippen LogP contribution in [0.1, 0.15) is 0 Å². The molecule has 3 aromatic rings. The maximum Gasteiger partial charge on any atom is 0.244 e. The van der Waals surface area contributed by atoms with Crippen LogP contribution in [0.3, 0.4) is 0 Å². The van der Waals surface area contributed by atoms with E-state index in [0.29, 0.717) is 5.95 Å². The third-order valence-electron chi connectivity index (χ3n) is 3.33. The highest BCUT2D eigenvalue weighted by Gasteiger charge is 2.13. The number of halogens is 1. The molecule has 3 rings (SSSR count). The van der Waals surface area contributed by atoms with Crippen molar-refractivity contribution in [3.8, 4) is 0 Å². The van der Waals surface area contributed by atoms with E-state index in [1.54, 1.807) is 23.7 Å². The average molecular weight is 298 g/mol. The van der Waals surface area contributed by atoms with Crippen LogP contribution in [0, 0.1) is 5.82 Å². The van der Waals surface area contributed by atoms with Gasteiger partial charge in [-0.2, -0.15) is 0 Å². The lowest BCUT2D eigenvalue weighted by Crippen LogP contribution is -2.20. The number of rotatable bonds is 4. The summed E-state index contributed by atoms with van der Waals surface area (Å²) < 4.78 is 15.3. The summed E-state index contributed by atoms with van der Waals surface area (Å²) in [5.74, 6) is -0.185. The maximum absolute atomic E-state index is 13.6. The summed E-state index contributed by atoms with van der Waals surface area (Å²) >= 11 is 0. The second-order valence-corrected chi connectivity index (χ2v) is 4.79. The van der Waals surface area contributed by atoms with Gasteiger partial charge in [0.05, 0.1) is 16.7 Å². The number of anilines is 2. The number of para-hydroxylation sites is 3. The van der Waals surface area contributed by atoms with Crippen LogP contribution < -0.4 is 10.6 Å². The molecule has 0 saturated carbocycles. The SMILES string of the molecule is CNc1nc2ccccc2n1CC(=O)Nc1ccccc1F. The number of amides is 1. The van der Waals surface area contributed by atoms with Crippen molar-refractivity contribution in [1.29, 1.82) is 0 Å². The molecule has 0 fully saturated rings. The van der Waals surface area contributed by atoms with E-state index >= 15 is 0 Å². The van der Waals surface area contributed by atoms with Gasteiger partial charge in [-0.15, -0.1) is 0 Å². The molecule has 1 heterocycles. The average Bonchev–Trinajstić information content (AvgIpc) is 2.87. The van der Waals surface area contributed by atoms with Gasteiger partial charge in [0.1, 0.15) is 12.4 Å². The van der Waals surface area contributed by atoms with Gasteiger partial charge in [0.2, 0.25) is 11.9 Å². The number of nitrogens with one attached hydrogen (secondary N) is 2. The number of carbonyl (C=O) groups is 1. The summed E-state index contributed by atoms with van der Waals surface area (Å²) in [5, 5.41) is 5.54. The first-order chi connectivity index (χ1) is 10.7. The summed E-state index contributed by atoms with van der Waals surface area (Å²) in [7, 11) is 1.74. The molecular weight excluding hydrogens is 283 g/mol. The van der Waals surface area contributed by atoms with Crippen molar-refractivity contribution in [1.82, 2.24) is 9.55 Å². The van der Waals surface area contributed by atoms with Crippen LogP contribution in [-0.2, 0) is 11.3 Å². The largest absolute Gasteiger partial charge is 0.359 e. The lowest BCUT2D eigenvalue weighted by molar-refractivity contribution is -0.116. The third kappa shape index (κ3) is 2.63. The van der Waals surface area contributed by atoms with Gasteiger partial charge in [-0.3, -0.25) is 4.79 Å². The molecule has 22 heavy (non-hydrogen) atoms. The van der Waals surface area contributed by atoms with E-state index in [4.69, 9.17) is 0 Å². The normalized spacial score (nSPS) is 10.6. The Labute approximate surface area is 126 Å². The topological polar surface area (TPSA) is 59.0 Å². The van der Waals surface area contributed by atoms with Gasteiger partial charge in [0.15, 0.2) is 0 Å². The predicted molar refractivity (Wildman–Crippen MR) is 84.3 cm³/mol. The minimum Gasteiger partial charge on any atom is -0.359 e. The van der Waals surface area contributed by atoms with Gasteiger partial charge in [-0.05, 0) is 24.3 Å². The first-order valence-electron chi connectivity index (χ1n) is 6.86. The molecule has 2 N–H and O–H groups in total. The Morgan fingerprint density at radius 3 is 2.68 bits per heavy atom. The first-order valence-corrected chi connectivity index (χ1v) is 6.86. The van der Waals surface area contributed by atoms with Crippen molar-refractivity contribution in [2.75, 3.05) is 17.7 Å². The molecule has 0 unspecified atom stereocenters.